The molecule has 1 unspecified atom stereocenters. The average Bonchev–Trinajstić information content (AvgIpc) is 2.57. The number of likely N-dealkylation sites (tertiary alicyclic amines) is 1. The first-order chi connectivity index (χ1) is 6.34. The second kappa shape index (κ2) is 4.25. The zero-order chi connectivity index (χ0) is 9.10. The Morgan fingerprint density at radius 2 is 2.00 bits per heavy atom. The second-order valence-electron chi connectivity index (χ2n) is 4.41. The fraction of sp³-hybridized carbons (Fsp3) is 0.818. The molecule has 0 radical (unpaired) electrons. The Bertz CT molecular complexity index is 181. The molecule has 1 saturated heterocycles. The molecular weight excluding hydrogens is 160 g/mol. The van der Waals surface area contributed by atoms with Crippen molar-refractivity contribution in [3.8, 4) is 0 Å². The third kappa shape index (κ3) is 2.55. The molecule has 13 heavy (non-hydrogen) atoms. The van der Waals surface area contributed by atoms with Gasteiger partial charge in [-0.1, -0.05) is 12.2 Å². The van der Waals surface area contributed by atoms with E-state index in [1.807, 2.05) is 0 Å². The smallest absolute Gasteiger partial charge is 0.0198 e. The predicted octanol–water partition coefficient (Wildman–Crippen LogP) is 1.39. The number of nitrogens with zero attached hydrogens (tertiary/aromatic N) is 1. The van der Waals surface area contributed by atoms with Crippen LogP contribution < -0.4 is 5.32 Å². The number of rotatable bonds is 2. The highest BCUT2D eigenvalue weighted by molar-refractivity contribution is 4.99. The summed E-state index contributed by atoms with van der Waals surface area (Å²) < 4.78 is 0. The summed E-state index contributed by atoms with van der Waals surface area (Å²) in [6.45, 7) is 2.51. The van der Waals surface area contributed by atoms with Gasteiger partial charge in [0, 0.05) is 18.6 Å². The minimum Gasteiger partial charge on any atom is -0.309 e. The first-order valence-corrected chi connectivity index (χ1v) is 5.44. The number of piperidine rings is 1. The normalized spacial score (nSPS) is 31.3. The van der Waals surface area contributed by atoms with Crippen LogP contribution in [0.25, 0.3) is 0 Å². The van der Waals surface area contributed by atoms with Crippen LogP contribution in [0, 0.1) is 0 Å². The van der Waals surface area contributed by atoms with Gasteiger partial charge in [-0.2, -0.15) is 0 Å². The van der Waals surface area contributed by atoms with Gasteiger partial charge in [0.25, 0.3) is 0 Å². The van der Waals surface area contributed by atoms with E-state index < -0.39 is 0 Å². The Hall–Kier alpha value is -0.340. The molecule has 0 aromatic rings. The van der Waals surface area contributed by atoms with E-state index in [2.05, 4.69) is 29.4 Å². The Kier molecular flexibility index (Phi) is 3.01. The van der Waals surface area contributed by atoms with Gasteiger partial charge >= 0.3 is 0 Å². The molecule has 74 valence electrons. The predicted molar refractivity (Wildman–Crippen MR) is 55.8 cm³/mol. The van der Waals surface area contributed by atoms with E-state index in [-0.39, 0.29) is 0 Å². The summed E-state index contributed by atoms with van der Waals surface area (Å²) in [6.07, 6.45) is 9.78. The minimum absolute atomic E-state index is 0.733. The van der Waals surface area contributed by atoms with E-state index in [1.165, 1.54) is 38.8 Å². The molecule has 0 bridgehead atoms. The van der Waals surface area contributed by atoms with E-state index in [4.69, 9.17) is 0 Å². The highest BCUT2D eigenvalue weighted by Gasteiger charge is 2.20. The molecule has 1 aliphatic heterocycles. The van der Waals surface area contributed by atoms with Crippen molar-refractivity contribution in [3.05, 3.63) is 12.2 Å². The van der Waals surface area contributed by atoms with Gasteiger partial charge < -0.3 is 10.2 Å². The van der Waals surface area contributed by atoms with Gasteiger partial charge in [0.2, 0.25) is 0 Å². The van der Waals surface area contributed by atoms with E-state index >= 15 is 0 Å². The van der Waals surface area contributed by atoms with E-state index in [9.17, 15) is 0 Å². The molecule has 2 heteroatoms. The van der Waals surface area contributed by atoms with Crippen molar-refractivity contribution in [1.29, 1.82) is 0 Å². The summed E-state index contributed by atoms with van der Waals surface area (Å²) in [5.41, 5.74) is 0. The SMILES string of the molecule is CN1CCCC(NC2CC=CC2)C1. The Balaban J connectivity index is 1.74. The Labute approximate surface area is 81.0 Å². The highest BCUT2D eigenvalue weighted by atomic mass is 15.1. The molecule has 2 nitrogen and oxygen atoms in total. The molecule has 0 saturated carbocycles. The molecule has 0 aromatic carbocycles. The molecule has 2 rings (SSSR count). The zero-order valence-electron chi connectivity index (χ0n) is 8.50. The van der Waals surface area contributed by atoms with Gasteiger partial charge in [-0.3, -0.25) is 0 Å². The standard InChI is InChI=1S/C11H20N2/c1-13-8-4-7-11(9-13)12-10-5-2-3-6-10/h2-3,10-12H,4-9H2,1H3. The van der Waals surface area contributed by atoms with Crippen LogP contribution >= 0.6 is 0 Å². The molecule has 1 N–H and O–H groups in total. The lowest BCUT2D eigenvalue weighted by atomic mass is 10.0. The maximum atomic E-state index is 3.74. The lowest BCUT2D eigenvalue weighted by molar-refractivity contribution is 0.217. The van der Waals surface area contributed by atoms with Crippen LogP contribution in [0.3, 0.4) is 0 Å². The van der Waals surface area contributed by atoms with Gasteiger partial charge in [0.05, 0.1) is 0 Å². The van der Waals surface area contributed by atoms with Crippen LogP contribution in [0.5, 0.6) is 0 Å². The van der Waals surface area contributed by atoms with Crippen LogP contribution in [0.2, 0.25) is 0 Å². The molecule has 1 heterocycles. The lowest BCUT2D eigenvalue weighted by Crippen LogP contribution is -2.47. The number of hydrogen-bond acceptors (Lipinski definition) is 2. The van der Waals surface area contributed by atoms with Crippen molar-refractivity contribution in [2.75, 3.05) is 20.1 Å². The number of nitrogens with one attached hydrogen (secondary N) is 1. The van der Waals surface area contributed by atoms with Gasteiger partial charge in [-0.05, 0) is 39.3 Å². The van der Waals surface area contributed by atoms with Crippen molar-refractivity contribution < 1.29 is 0 Å². The number of hydrogen-bond donors (Lipinski definition) is 1. The highest BCUT2D eigenvalue weighted by Crippen LogP contribution is 2.14. The first kappa shape index (κ1) is 9.22. The quantitative estimate of drug-likeness (QED) is 0.646. The van der Waals surface area contributed by atoms with E-state index in [0.29, 0.717) is 0 Å². The second-order valence-corrected chi connectivity index (χ2v) is 4.41. The van der Waals surface area contributed by atoms with Crippen LogP contribution in [-0.2, 0) is 0 Å². The summed E-state index contributed by atoms with van der Waals surface area (Å²) in [7, 11) is 2.22. The topological polar surface area (TPSA) is 15.3 Å². The van der Waals surface area contributed by atoms with Crippen LogP contribution in [-0.4, -0.2) is 37.1 Å². The molecule has 0 amide bonds. The fourth-order valence-corrected chi connectivity index (χ4v) is 2.39. The van der Waals surface area contributed by atoms with E-state index in [0.717, 1.165) is 12.1 Å². The summed E-state index contributed by atoms with van der Waals surface area (Å²) in [6, 6.07) is 1.47. The molecular formula is C11H20N2. The fourth-order valence-electron chi connectivity index (χ4n) is 2.39. The van der Waals surface area contributed by atoms with Crippen molar-refractivity contribution in [1.82, 2.24) is 10.2 Å². The summed E-state index contributed by atoms with van der Waals surface area (Å²) in [4.78, 5) is 2.43. The molecule has 0 aromatic heterocycles. The van der Waals surface area contributed by atoms with Crippen LogP contribution in [0.4, 0.5) is 0 Å². The van der Waals surface area contributed by atoms with Crippen LogP contribution in [0.1, 0.15) is 25.7 Å². The zero-order valence-corrected chi connectivity index (χ0v) is 8.50. The molecule has 1 aliphatic carbocycles. The molecule has 2 aliphatic rings. The summed E-state index contributed by atoms with van der Waals surface area (Å²) in [5, 5.41) is 3.74. The largest absolute Gasteiger partial charge is 0.309 e. The summed E-state index contributed by atoms with van der Waals surface area (Å²) >= 11 is 0. The Morgan fingerprint density at radius 3 is 2.69 bits per heavy atom. The minimum atomic E-state index is 0.733. The maximum Gasteiger partial charge on any atom is 0.0198 e. The molecule has 0 spiro atoms. The first-order valence-electron chi connectivity index (χ1n) is 5.44. The third-order valence-electron chi connectivity index (χ3n) is 3.10. The number of likely N-dealkylation sites (N-methyl/N-ethyl adjacent to an activating group) is 1. The maximum absolute atomic E-state index is 3.74. The van der Waals surface area contributed by atoms with Gasteiger partial charge in [0.15, 0.2) is 0 Å². The Morgan fingerprint density at radius 1 is 1.23 bits per heavy atom. The average molecular weight is 180 g/mol. The monoisotopic (exact) mass is 180 g/mol. The van der Waals surface area contributed by atoms with Crippen LogP contribution in [0.15, 0.2) is 12.2 Å². The van der Waals surface area contributed by atoms with Crippen molar-refractivity contribution in [3.63, 3.8) is 0 Å². The van der Waals surface area contributed by atoms with Crippen molar-refractivity contribution in [2.24, 2.45) is 0 Å². The van der Waals surface area contributed by atoms with Gasteiger partial charge in [0.1, 0.15) is 0 Å². The van der Waals surface area contributed by atoms with Crippen molar-refractivity contribution >= 4 is 0 Å². The molecule has 1 atom stereocenters. The van der Waals surface area contributed by atoms with E-state index in [1.54, 1.807) is 0 Å². The third-order valence-corrected chi connectivity index (χ3v) is 3.10. The molecule has 1 fully saturated rings. The van der Waals surface area contributed by atoms with Gasteiger partial charge in [-0.15, -0.1) is 0 Å². The lowest BCUT2D eigenvalue weighted by Gasteiger charge is -2.32. The summed E-state index contributed by atoms with van der Waals surface area (Å²) in [5.74, 6) is 0. The van der Waals surface area contributed by atoms with Gasteiger partial charge in [-0.25, -0.2) is 0 Å². The van der Waals surface area contributed by atoms with Crippen molar-refractivity contribution in [2.45, 2.75) is 37.8 Å².